The topological polar surface area (TPSA) is 86.0 Å². The Balaban J connectivity index is 1.67. The molecular formula is C21H27N3O5. The lowest BCUT2D eigenvalue weighted by atomic mass is 9.99. The lowest BCUT2D eigenvalue weighted by molar-refractivity contribution is 0.0522. The van der Waals surface area contributed by atoms with E-state index in [9.17, 15) is 9.90 Å². The van der Waals surface area contributed by atoms with E-state index in [1.807, 2.05) is 18.2 Å². The normalized spacial score (nSPS) is 19.2. The van der Waals surface area contributed by atoms with Crippen molar-refractivity contribution in [1.29, 1.82) is 0 Å². The number of aliphatic hydroxyl groups excluding tert-OH is 1. The second-order valence-corrected chi connectivity index (χ2v) is 7.39. The molecule has 3 heterocycles. The molecule has 2 aromatic rings. The number of carbonyl (C=O) groups excluding carboxylic acids is 1. The molecule has 0 radical (unpaired) electrons. The van der Waals surface area contributed by atoms with Crippen LogP contribution in [0.5, 0.6) is 11.5 Å². The van der Waals surface area contributed by atoms with E-state index in [0.717, 1.165) is 37.3 Å². The standard InChI is InChI=1S/C21H27N3O5/c1-2-27-21(26)17-11-22-24(16-5-6-19-20(10-16)29-9-8-28-19)18(17)13-23-7-3-4-15(12-23)14-25/h5-6,10-11,15,25H,2-4,7-9,12-14H2,1H3. The highest BCUT2D eigenvalue weighted by Gasteiger charge is 2.25. The highest BCUT2D eigenvalue weighted by atomic mass is 16.6. The molecule has 8 nitrogen and oxygen atoms in total. The minimum Gasteiger partial charge on any atom is -0.486 e. The smallest absolute Gasteiger partial charge is 0.341 e. The van der Waals surface area contributed by atoms with Gasteiger partial charge in [0, 0.05) is 25.8 Å². The van der Waals surface area contributed by atoms with Crippen molar-refractivity contribution in [2.45, 2.75) is 26.3 Å². The second-order valence-electron chi connectivity index (χ2n) is 7.39. The number of aromatic nitrogens is 2. The van der Waals surface area contributed by atoms with Crippen molar-refractivity contribution in [3.05, 3.63) is 35.7 Å². The fourth-order valence-electron chi connectivity index (χ4n) is 3.95. The fourth-order valence-corrected chi connectivity index (χ4v) is 3.95. The third-order valence-electron chi connectivity index (χ3n) is 5.37. The molecule has 2 aliphatic rings. The first-order valence-electron chi connectivity index (χ1n) is 10.2. The predicted octanol–water partition coefficient (Wildman–Crippen LogP) is 2.02. The Morgan fingerprint density at radius 3 is 2.93 bits per heavy atom. The number of hydrogen-bond acceptors (Lipinski definition) is 7. The zero-order valence-electron chi connectivity index (χ0n) is 16.7. The maximum absolute atomic E-state index is 12.5. The van der Waals surface area contributed by atoms with Crippen molar-refractivity contribution in [2.24, 2.45) is 5.92 Å². The number of carbonyl (C=O) groups is 1. The van der Waals surface area contributed by atoms with E-state index < -0.39 is 0 Å². The molecule has 1 atom stereocenters. The summed E-state index contributed by atoms with van der Waals surface area (Å²) in [6.45, 7) is 5.60. The summed E-state index contributed by atoms with van der Waals surface area (Å²) in [4.78, 5) is 14.8. The van der Waals surface area contributed by atoms with E-state index in [1.165, 1.54) is 0 Å². The predicted molar refractivity (Wildman–Crippen MR) is 106 cm³/mol. The van der Waals surface area contributed by atoms with Crippen LogP contribution in [0.3, 0.4) is 0 Å². The van der Waals surface area contributed by atoms with Crippen LogP contribution in [0.4, 0.5) is 0 Å². The van der Waals surface area contributed by atoms with Crippen LogP contribution in [0, 0.1) is 5.92 Å². The third-order valence-corrected chi connectivity index (χ3v) is 5.37. The lowest BCUT2D eigenvalue weighted by Gasteiger charge is -2.32. The third kappa shape index (κ3) is 4.23. The number of rotatable bonds is 6. The Kier molecular flexibility index (Phi) is 6.01. The summed E-state index contributed by atoms with van der Waals surface area (Å²) in [5, 5.41) is 14.0. The molecule has 0 saturated carbocycles. The van der Waals surface area contributed by atoms with Crippen LogP contribution in [0.25, 0.3) is 5.69 Å². The molecule has 1 aromatic heterocycles. The number of ether oxygens (including phenoxy) is 3. The van der Waals surface area contributed by atoms with Crippen molar-refractivity contribution in [2.75, 3.05) is 39.5 Å². The quantitative estimate of drug-likeness (QED) is 0.741. The average molecular weight is 401 g/mol. The van der Waals surface area contributed by atoms with Gasteiger partial charge in [0.2, 0.25) is 0 Å². The van der Waals surface area contributed by atoms with E-state index in [1.54, 1.807) is 17.8 Å². The van der Waals surface area contributed by atoms with E-state index in [2.05, 4.69) is 10.00 Å². The minimum atomic E-state index is -0.373. The van der Waals surface area contributed by atoms with Crippen LogP contribution in [0.1, 0.15) is 35.8 Å². The average Bonchev–Trinajstić information content (AvgIpc) is 3.17. The monoisotopic (exact) mass is 401 g/mol. The zero-order valence-corrected chi connectivity index (χ0v) is 16.7. The van der Waals surface area contributed by atoms with E-state index in [0.29, 0.717) is 43.4 Å². The summed E-state index contributed by atoms with van der Waals surface area (Å²) in [6.07, 6.45) is 3.62. The molecule has 4 rings (SSSR count). The molecule has 0 aliphatic carbocycles. The van der Waals surface area contributed by atoms with Gasteiger partial charge in [-0.1, -0.05) is 0 Å². The Morgan fingerprint density at radius 1 is 1.31 bits per heavy atom. The van der Waals surface area contributed by atoms with Gasteiger partial charge in [-0.15, -0.1) is 0 Å². The number of fused-ring (bicyclic) bond motifs is 1. The number of benzene rings is 1. The molecule has 0 spiro atoms. The summed E-state index contributed by atoms with van der Waals surface area (Å²) in [7, 11) is 0. The Bertz CT molecular complexity index is 866. The SMILES string of the molecule is CCOC(=O)c1cnn(-c2ccc3c(c2)OCCO3)c1CN1CCCC(CO)C1. The van der Waals surface area contributed by atoms with Crippen molar-refractivity contribution in [3.63, 3.8) is 0 Å². The van der Waals surface area contributed by atoms with Crippen molar-refractivity contribution < 1.29 is 24.1 Å². The Morgan fingerprint density at radius 2 is 2.14 bits per heavy atom. The number of nitrogens with zero attached hydrogens (tertiary/aromatic N) is 3. The summed E-state index contributed by atoms with van der Waals surface area (Å²) in [5.74, 6) is 1.27. The van der Waals surface area contributed by atoms with Gasteiger partial charge in [0.05, 0.1) is 24.2 Å². The summed E-state index contributed by atoms with van der Waals surface area (Å²) in [6, 6.07) is 5.65. The van der Waals surface area contributed by atoms with Crippen LogP contribution in [0.15, 0.2) is 24.4 Å². The number of piperidine rings is 1. The summed E-state index contributed by atoms with van der Waals surface area (Å²) < 4.78 is 18.3. The molecule has 156 valence electrons. The molecule has 0 bridgehead atoms. The van der Waals surface area contributed by atoms with Crippen molar-refractivity contribution in [1.82, 2.24) is 14.7 Å². The number of hydrogen-bond donors (Lipinski definition) is 1. The van der Waals surface area contributed by atoms with Crippen LogP contribution in [-0.2, 0) is 11.3 Å². The van der Waals surface area contributed by atoms with Gasteiger partial charge in [0.25, 0.3) is 0 Å². The minimum absolute atomic E-state index is 0.183. The maximum atomic E-state index is 12.5. The van der Waals surface area contributed by atoms with Crippen LogP contribution < -0.4 is 9.47 Å². The fraction of sp³-hybridized carbons (Fsp3) is 0.524. The van der Waals surface area contributed by atoms with Crippen molar-refractivity contribution >= 4 is 5.97 Å². The van der Waals surface area contributed by atoms with E-state index in [4.69, 9.17) is 14.2 Å². The molecule has 1 saturated heterocycles. The number of likely N-dealkylation sites (tertiary alicyclic amines) is 1. The van der Waals surface area contributed by atoms with Gasteiger partial charge in [-0.25, -0.2) is 9.48 Å². The van der Waals surface area contributed by atoms with E-state index >= 15 is 0 Å². The first kappa shape index (κ1) is 19.7. The van der Waals surface area contributed by atoms with Gasteiger partial charge >= 0.3 is 5.97 Å². The van der Waals surface area contributed by atoms with Gasteiger partial charge in [-0.3, -0.25) is 4.90 Å². The number of esters is 1. The van der Waals surface area contributed by atoms with Crippen LogP contribution >= 0.6 is 0 Å². The van der Waals surface area contributed by atoms with E-state index in [-0.39, 0.29) is 18.5 Å². The molecule has 1 aromatic carbocycles. The second kappa shape index (κ2) is 8.84. The maximum Gasteiger partial charge on any atom is 0.341 e. The van der Waals surface area contributed by atoms with Gasteiger partial charge in [0.15, 0.2) is 11.5 Å². The highest BCUT2D eigenvalue weighted by Crippen LogP contribution is 2.33. The van der Waals surface area contributed by atoms with Gasteiger partial charge < -0.3 is 19.3 Å². The highest BCUT2D eigenvalue weighted by molar-refractivity contribution is 5.90. The van der Waals surface area contributed by atoms with Gasteiger partial charge in [-0.05, 0) is 44.4 Å². The first-order valence-corrected chi connectivity index (χ1v) is 10.2. The Labute approximate surface area is 170 Å². The molecule has 2 aliphatic heterocycles. The summed E-state index contributed by atoms with van der Waals surface area (Å²) in [5.41, 5.74) is 2.04. The molecule has 1 N–H and O–H groups in total. The van der Waals surface area contributed by atoms with Gasteiger partial charge in [0.1, 0.15) is 18.8 Å². The largest absolute Gasteiger partial charge is 0.486 e. The molecular weight excluding hydrogens is 374 g/mol. The molecule has 0 amide bonds. The molecule has 1 fully saturated rings. The van der Waals surface area contributed by atoms with Crippen LogP contribution in [0.2, 0.25) is 0 Å². The molecule has 8 heteroatoms. The molecule has 1 unspecified atom stereocenters. The lowest BCUT2D eigenvalue weighted by Crippen LogP contribution is -2.37. The first-order chi connectivity index (χ1) is 14.2. The zero-order chi connectivity index (χ0) is 20.2. The van der Waals surface area contributed by atoms with Gasteiger partial charge in [-0.2, -0.15) is 5.10 Å². The van der Waals surface area contributed by atoms with Crippen LogP contribution in [-0.4, -0.2) is 65.3 Å². The van der Waals surface area contributed by atoms with Crippen molar-refractivity contribution in [3.8, 4) is 17.2 Å². The Hall–Kier alpha value is -2.58. The summed E-state index contributed by atoms with van der Waals surface area (Å²) >= 11 is 0. The molecule has 29 heavy (non-hydrogen) atoms. The number of aliphatic hydroxyl groups is 1.